The number of anilines is 1. The Morgan fingerprint density at radius 1 is 1.36 bits per heavy atom. The van der Waals surface area contributed by atoms with E-state index < -0.39 is 16.8 Å². The molecule has 1 aliphatic carbocycles. The first-order chi connectivity index (χ1) is 13.5. The Morgan fingerprint density at radius 3 is 2.89 bits per heavy atom. The van der Waals surface area contributed by atoms with E-state index in [0.29, 0.717) is 21.8 Å². The molecule has 0 fully saturated rings. The van der Waals surface area contributed by atoms with E-state index in [0.717, 1.165) is 36.1 Å². The standard InChI is InChI=1S/C19H17N3O5S/c1-2-27-19(24)15-11-5-3-4-6-14(11)28-18(15)21-16-12-9-10(22(25)26)7-8-13(12)20-17(16)23/h7-9H,2-6H2,1H3,(H,20,21,23). The Morgan fingerprint density at radius 2 is 2.14 bits per heavy atom. The van der Waals surface area contributed by atoms with Crippen LogP contribution in [0.3, 0.4) is 0 Å². The van der Waals surface area contributed by atoms with E-state index in [9.17, 15) is 19.7 Å². The molecule has 2 aromatic rings. The summed E-state index contributed by atoms with van der Waals surface area (Å²) in [5.41, 5.74) is 2.14. The van der Waals surface area contributed by atoms with Crippen molar-refractivity contribution in [1.29, 1.82) is 0 Å². The second-order valence-corrected chi connectivity index (χ2v) is 7.60. The SMILES string of the molecule is CCOC(=O)c1c(N=C2C(=O)Nc3ccc([N+](=O)[O-])cc32)sc2c1CCCC2. The van der Waals surface area contributed by atoms with Crippen LogP contribution in [-0.2, 0) is 22.4 Å². The third-order valence-corrected chi connectivity index (χ3v) is 5.96. The van der Waals surface area contributed by atoms with Crippen molar-refractivity contribution < 1.29 is 19.2 Å². The van der Waals surface area contributed by atoms with Crippen LogP contribution in [0.15, 0.2) is 23.2 Å². The number of benzene rings is 1. The predicted molar refractivity (Wildman–Crippen MR) is 105 cm³/mol. The number of esters is 1. The molecule has 9 heteroatoms. The number of nitrogens with zero attached hydrogens (tertiary/aromatic N) is 2. The molecule has 4 rings (SSSR count). The summed E-state index contributed by atoms with van der Waals surface area (Å²) in [4.78, 5) is 41.2. The number of hydrogen-bond donors (Lipinski definition) is 1. The summed E-state index contributed by atoms with van der Waals surface area (Å²) < 4.78 is 5.21. The van der Waals surface area contributed by atoms with Gasteiger partial charge in [-0.2, -0.15) is 0 Å². The number of aliphatic imine (C=N–C) groups is 1. The molecule has 1 aromatic carbocycles. The second-order valence-electron chi connectivity index (χ2n) is 6.51. The lowest BCUT2D eigenvalue weighted by atomic mass is 9.95. The van der Waals surface area contributed by atoms with Gasteiger partial charge in [-0.3, -0.25) is 14.9 Å². The van der Waals surface area contributed by atoms with Gasteiger partial charge in [0.1, 0.15) is 10.7 Å². The average Bonchev–Trinajstić information content (AvgIpc) is 3.19. The zero-order chi connectivity index (χ0) is 19.8. The van der Waals surface area contributed by atoms with Gasteiger partial charge in [-0.15, -0.1) is 11.3 Å². The molecule has 1 aliphatic heterocycles. The molecule has 2 heterocycles. The zero-order valence-corrected chi connectivity index (χ0v) is 15.9. The van der Waals surface area contributed by atoms with E-state index in [2.05, 4.69) is 10.3 Å². The largest absolute Gasteiger partial charge is 0.462 e. The van der Waals surface area contributed by atoms with Gasteiger partial charge >= 0.3 is 5.97 Å². The van der Waals surface area contributed by atoms with Gasteiger partial charge in [-0.25, -0.2) is 9.79 Å². The normalized spacial score (nSPS) is 16.5. The van der Waals surface area contributed by atoms with Gasteiger partial charge in [0.05, 0.1) is 22.8 Å². The number of aryl methyl sites for hydroxylation is 1. The maximum atomic E-state index is 12.6. The molecule has 0 unspecified atom stereocenters. The van der Waals surface area contributed by atoms with E-state index >= 15 is 0 Å². The van der Waals surface area contributed by atoms with Crippen molar-refractivity contribution in [2.75, 3.05) is 11.9 Å². The van der Waals surface area contributed by atoms with Crippen LogP contribution in [0.1, 0.15) is 46.1 Å². The number of hydrogen-bond acceptors (Lipinski definition) is 7. The van der Waals surface area contributed by atoms with Crippen LogP contribution in [0, 0.1) is 10.1 Å². The molecule has 1 aromatic heterocycles. The maximum absolute atomic E-state index is 12.6. The van der Waals surface area contributed by atoms with Crippen molar-refractivity contribution in [2.45, 2.75) is 32.6 Å². The summed E-state index contributed by atoms with van der Waals surface area (Å²) in [6, 6.07) is 4.14. The Bertz CT molecular complexity index is 1040. The Labute approximate surface area is 164 Å². The fourth-order valence-corrected chi connectivity index (χ4v) is 4.76. The van der Waals surface area contributed by atoms with Crippen LogP contribution in [0.5, 0.6) is 0 Å². The number of nitro groups is 1. The van der Waals surface area contributed by atoms with Gasteiger partial charge in [0.15, 0.2) is 0 Å². The number of carbonyl (C=O) groups excluding carboxylic acids is 2. The topological polar surface area (TPSA) is 111 Å². The minimum Gasteiger partial charge on any atom is -0.462 e. The van der Waals surface area contributed by atoms with E-state index in [1.807, 2.05) is 0 Å². The highest BCUT2D eigenvalue weighted by Crippen LogP contribution is 2.41. The van der Waals surface area contributed by atoms with E-state index in [1.165, 1.54) is 29.5 Å². The summed E-state index contributed by atoms with van der Waals surface area (Å²) in [7, 11) is 0. The molecule has 0 spiro atoms. The number of thiophene rings is 1. The van der Waals surface area contributed by atoms with Gasteiger partial charge in [0.25, 0.3) is 11.6 Å². The highest BCUT2D eigenvalue weighted by molar-refractivity contribution is 7.16. The number of rotatable bonds is 4. The fourth-order valence-electron chi connectivity index (χ4n) is 3.51. The maximum Gasteiger partial charge on any atom is 0.341 e. The van der Waals surface area contributed by atoms with E-state index in [4.69, 9.17) is 4.74 Å². The predicted octanol–water partition coefficient (Wildman–Crippen LogP) is 3.78. The average molecular weight is 399 g/mol. The quantitative estimate of drug-likeness (QED) is 0.478. The van der Waals surface area contributed by atoms with Crippen LogP contribution in [0.25, 0.3) is 0 Å². The first kappa shape index (κ1) is 18.3. The highest BCUT2D eigenvalue weighted by atomic mass is 32.1. The minimum atomic E-state index is -0.519. The first-order valence-corrected chi connectivity index (χ1v) is 9.81. The van der Waals surface area contributed by atoms with Crippen LogP contribution in [0.4, 0.5) is 16.4 Å². The Kier molecular flexibility index (Phi) is 4.68. The summed E-state index contributed by atoms with van der Waals surface area (Å²) >= 11 is 1.39. The monoisotopic (exact) mass is 399 g/mol. The number of carbonyl (C=O) groups is 2. The molecule has 0 saturated carbocycles. The van der Waals surface area contributed by atoms with Crippen molar-refractivity contribution >= 4 is 45.3 Å². The lowest BCUT2D eigenvalue weighted by Crippen LogP contribution is -2.14. The van der Waals surface area contributed by atoms with Gasteiger partial charge in [-0.1, -0.05) is 0 Å². The second kappa shape index (κ2) is 7.16. The molecule has 1 amide bonds. The number of nitrogens with one attached hydrogen (secondary N) is 1. The molecule has 1 N–H and O–H groups in total. The lowest BCUT2D eigenvalue weighted by Gasteiger charge is -2.11. The molecule has 8 nitrogen and oxygen atoms in total. The van der Waals surface area contributed by atoms with Crippen LogP contribution >= 0.6 is 11.3 Å². The van der Waals surface area contributed by atoms with Crippen molar-refractivity contribution in [3.8, 4) is 0 Å². The van der Waals surface area contributed by atoms with Crippen molar-refractivity contribution in [1.82, 2.24) is 0 Å². The van der Waals surface area contributed by atoms with Crippen LogP contribution in [-0.4, -0.2) is 29.1 Å². The molecule has 2 aliphatic rings. The Hall–Kier alpha value is -3.07. The number of ether oxygens (including phenoxy) is 1. The van der Waals surface area contributed by atoms with Crippen LogP contribution < -0.4 is 5.32 Å². The third-order valence-electron chi connectivity index (χ3n) is 4.78. The molecule has 144 valence electrons. The smallest absolute Gasteiger partial charge is 0.341 e. The van der Waals surface area contributed by atoms with Crippen molar-refractivity contribution in [3.63, 3.8) is 0 Å². The molecule has 0 bridgehead atoms. The zero-order valence-electron chi connectivity index (χ0n) is 15.1. The van der Waals surface area contributed by atoms with E-state index in [1.54, 1.807) is 6.92 Å². The number of amides is 1. The summed E-state index contributed by atoms with van der Waals surface area (Å²) in [5, 5.41) is 14.2. The molecule has 0 radical (unpaired) electrons. The number of fused-ring (bicyclic) bond motifs is 2. The molecule has 0 atom stereocenters. The molecule has 28 heavy (non-hydrogen) atoms. The highest BCUT2D eigenvalue weighted by Gasteiger charge is 2.31. The Balaban J connectivity index is 1.85. The van der Waals surface area contributed by atoms with Crippen LogP contribution in [0.2, 0.25) is 0 Å². The third kappa shape index (κ3) is 3.07. The number of nitro benzene ring substituents is 1. The lowest BCUT2D eigenvalue weighted by molar-refractivity contribution is -0.384. The first-order valence-electron chi connectivity index (χ1n) is 9.00. The summed E-state index contributed by atoms with van der Waals surface area (Å²) in [6.45, 7) is 1.98. The van der Waals surface area contributed by atoms with Gasteiger partial charge in [0.2, 0.25) is 0 Å². The summed E-state index contributed by atoms with van der Waals surface area (Å²) in [5.74, 6) is -0.893. The van der Waals surface area contributed by atoms with Gasteiger partial charge < -0.3 is 10.1 Å². The molecular formula is C19H17N3O5S. The summed E-state index contributed by atoms with van der Waals surface area (Å²) in [6.07, 6.45) is 3.67. The molecular weight excluding hydrogens is 382 g/mol. The fraction of sp³-hybridized carbons (Fsp3) is 0.316. The van der Waals surface area contributed by atoms with Gasteiger partial charge in [0, 0.05) is 22.6 Å². The number of non-ortho nitro benzene ring substituents is 1. The van der Waals surface area contributed by atoms with Crippen molar-refractivity contribution in [2.24, 2.45) is 4.99 Å². The van der Waals surface area contributed by atoms with E-state index in [-0.39, 0.29) is 18.0 Å². The minimum absolute atomic E-state index is 0.0721. The molecule has 0 saturated heterocycles. The van der Waals surface area contributed by atoms with Gasteiger partial charge in [-0.05, 0) is 44.2 Å². The van der Waals surface area contributed by atoms with Crippen molar-refractivity contribution in [3.05, 3.63) is 49.9 Å².